The molecule has 0 unspecified atom stereocenters. The Morgan fingerprint density at radius 1 is 1.03 bits per heavy atom. The molecule has 12 heteroatoms. The first-order chi connectivity index (χ1) is 14.7. The maximum absolute atomic E-state index is 12.5. The van der Waals surface area contributed by atoms with Gasteiger partial charge in [0.1, 0.15) is 17.8 Å². The van der Waals surface area contributed by atoms with Crippen molar-refractivity contribution in [1.29, 1.82) is 0 Å². The third kappa shape index (κ3) is 4.70. The number of rotatable bonds is 6. The van der Waals surface area contributed by atoms with E-state index < -0.39 is 50.1 Å². The summed E-state index contributed by atoms with van der Waals surface area (Å²) in [5, 5.41) is 22.4. The molecule has 0 radical (unpaired) electrons. The number of fused-ring (bicyclic) bond motifs is 1. The van der Waals surface area contributed by atoms with Gasteiger partial charge in [-0.05, 0) is 23.8 Å². The molecule has 0 spiro atoms. The van der Waals surface area contributed by atoms with Crippen LogP contribution in [-0.4, -0.2) is 21.8 Å². The predicted octanol–water partition coefficient (Wildman–Crippen LogP) is 2.89. The van der Waals surface area contributed by atoms with E-state index in [-0.39, 0.29) is 12.2 Å². The van der Waals surface area contributed by atoms with Gasteiger partial charge < -0.3 is 13.9 Å². The molecule has 0 aliphatic heterocycles. The molecule has 0 aliphatic rings. The Hall–Kier alpha value is -4.61. The lowest BCUT2D eigenvalue weighted by Gasteiger charge is -2.06. The fraction of sp³-hybridized carbons (Fsp3) is 0.105. The molecule has 3 rings (SSSR count). The maximum Gasteiger partial charge on any atom is 0.351 e. The monoisotopic (exact) mass is 428 g/mol. The Kier molecular flexibility index (Phi) is 5.72. The molecule has 2 aromatic carbocycles. The Bertz CT molecular complexity index is 1290. The van der Waals surface area contributed by atoms with Gasteiger partial charge in [0.2, 0.25) is 5.75 Å². The molecule has 0 saturated carbocycles. The number of hydrogen-bond acceptors (Lipinski definition) is 10. The lowest BCUT2D eigenvalue weighted by Crippen LogP contribution is -2.19. The topological polar surface area (TPSA) is 169 Å². The fourth-order valence-corrected chi connectivity index (χ4v) is 2.59. The van der Waals surface area contributed by atoms with E-state index in [1.54, 1.807) is 6.07 Å². The summed E-state index contributed by atoms with van der Waals surface area (Å²) in [6.07, 6.45) is 0. The second-order valence-electron chi connectivity index (χ2n) is 6.16. The van der Waals surface area contributed by atoms with Crippen molar-refractivity contribution in [2.45, 2.75) is 13.5 Å². The third-order valence-electron chi connectivity index (χ3n) is 4.01. The van der Waals surface area contributed by atoms with Gasteiger partial charge >= 0.3 is 23.3 Å². The van der Waals surface area contributed by atoms with Crippen molar-refractivity contribution in [3.63, 3.8) is 0 Å². The summed E-state index contributed by atoms with van der Waals surface area (Å²) in [6.45, 7) is 1.19. The Morgan fingerprint density at radius 2 is 1.77 bits per heavy atom. The molecule has 0 N–H and O–H groups in total. The molecule has 158 valence electrons. The van der Waals surface area contributed by atoms with Crippen LogP contribution in [0.4, 0.5) is 11.4 Å². The van der Waals surface area contributed by atoms with Gasteiger partial charge in [-0.1, -0.05) is 6.07 Å². The van der Waals surface area contributed by atoms with Crippen molar-refractivity contribution in [2.75, 3.05) is 0 Å². The zero-order chi connectivity index (χ0) is 22.7. The van der Waals surface area contributed by atoms with E-state index in [4.69, 9.17) is 13.9 Å². The smallest absolute Gasteiger partial charge is 0.351 e. The van der Waals surface area contributed by atoms with Crippen LogP contribution < -0.4 is 10.4 Å². The Morgan fingerprint density at radius 3 is 2.42 bits per heavy atom. The number of nitro groups is 2. The summed E-state index contributed by atoms with van der Waals surface area (Å²) in [4.78, 5) is 56.0. The van der Waals surface area contributed by atoms with Crippen LogP contribution in [0.15, 0.2) is 51.7 Å². The Balaban J connectivity index is 1.98. The molecular weight excluding hydrogens is 416 g/mol. The minimum Gasteiger partial charge on any atom is -0.461 e. The predicted molar refractivity (Wildman–Crippen MR) is 103 cm³/mol. The first-order valence-corrected chi connectivity index (χ1v) is 8.51. The summed E-state index contributed by atoms with van der Waals surface area (Å²) in [6, 6.07) is 8.04. The zero-order valence-corrected chi connectivity index (χ0v) is 15.7. The van der Waals surface area contributed by atoms with Crippen LogP contribution >= 0.6 is 0 Å². The molecule has 3 aromatic rings. The van der Waals surface area contributed by atoms with Crippen LogP contribution in [0.5, 0.6) is 5.75 Å². The summed E-state index contributed by atoms with van der Waals surface area (Å²) in [7, 11) is 0. The van der Waals surface area contributed by atoms with E-state index >= 15 is 0 Å². The molecule has 0 amide bonds. The van der Waals surface area contributed by atoms with Gasteiger partial charge in [0, 0.05) is 24.4 Å². The highest BCUT2D eigenvalue weighted by Gasteiger charge is 2.24. The molecular formula is C19H12N2O10. The number of ether oxygens (including phenoxy) is 2. The highest BCUT2D eigenvalue weighted by atomic mass is 16.6. The van der Waals surface area contributed by atoms with Gasteiger partial charge in [-0.15, -0.1) is 0 Å². The van der Waals surface area contributed by atoms with Crippen molar-refractivity contribution in [3.05, 3.63) is 84.2 Å². The van der Waals surface area contributed by atoms with Gasteiger partial charge in [0.05, 0.1) is 15.9 Å². The molecule has 12 nitrogen and oxygen atoms in total. The van der Waals surface area contributed by atoms with Gasteiger partial charge in [0.25, 0.3) is 5.69 Å². The van der Waals surface area contributed by atoms with Gasteiger partial charge in [-0.2, -0.15) is 0 Å². The highest BCUT2D eigenvalue weighted by Crippen LogP contribution is 2.31. The second-order valence-corrected chi connectivity index (χ2v) is 6.16. The Labute approximate surface area is 171 Å². The molecule has 0 bridgehead atoms. The number of carbonyl (C=O) groups excluding carboxylic acids is 2. The van der Waals surface area contributed by atoms with Gasteiger partial charge in [-0.25, -0.2) is 9.59 Å². The number of hydrogen-bond donors (Lipinski definition) is 0. The zero-order valence-electron chi connectivity index (χ0n) is 15.7. The number of benzene rings is 2. The van der Waals surface area contributed by atoms with Crippen LogP contribution in [0, 0.1) is 20.2 Å². The average Bonchev–Trinajstić information content (AvgIpc) is 2.71. The largest absolute Gasteiger partial charge is 0.461 e. The lowest BCUT2D eigenvalue weighted by atomic mass is 10.1. The maximum atomic E-state index is 12.5. The molecule has 31 heavy (non-hydrogen) atoms. The van der Waals surface area contributed by atoms with E-state index in [9.17, 15) is 34.6 Å². The third-order valence-corrected chi connectivity index (χ3v) is 4.01. The highest BCUT2D eigenvalue weighted by molar-refractivity contribution is 5.94. The molecule has 0 aliphatic carbocycles. The van der Waals surface area contributed by atoms with Crippen molar-refractivity contribution in [3.8, 4) is 5.75 Å². The van der Waals surface area contributed by atoms with E-state index in [0.717, 1.165) is 18.2 Å². The molecule has 0 fully saturated rings. The van der Waals surface area contributed by atoms with E-state index in [2.05, 4.69) is 0 Å². The van der Waals surface area contributed by atoms with E-state index in [0.29, 0.717) is 17.0 Å². The molecule has 1 heterocycles. The van der Waals surface area contributed by atoms with Crippen LogP contribution in [0.25, 0.3) is 11.0 Å². The number of nitro benzene ring substituents is 2. The average molecular weight is 428 g/mol. The van der Waals surface area contributed by atoms with Crippen molar-refractivity contribution in [1.82, 2.24) is 0 Å². The van der Waals surface area contributed by atoms with Gasteiger partial charge in [0.15, 0.2) is 0 Å². The number of esters is 2. The lowest BCUT2D eigenvalue weighted by molar-refractivity contribution is -0.389. The van der Waals surface area contributed by atoms with Crippen molar-refractivity contribution in [2.24, 2.45) is 0 Å². The van der Waals surface area contributed by atoms with E-state index in [1.807, 2.05) is 0 Å². The van der Waals surface area contributed by atoms with Crippen LogP contribution in [0.3, 0.4) is 0 Å². The van der Waals surface area contributed by atoms with Crippen LogP contribution in [-0.2, 0) is 16.1 Å². The first-order valence-electron chi connectivity index (χ1n) is 8.51. The number of carbonyl (C=O) groups is 2. The minimum atomic E-state index is -1.30. The van der Waals surface area contributed by atoms with Crippen molar-refractivity contribution >= 4 is 34.3 Å². The normalized spacial score (nSPS) is 10.5. The van der Waals surface area contributed by atoms with Gasteiger partial charge in [-0.3, -0.25) is 25.0 Å². The summed E-state index contributed by atoms with van der Waals surface area (Å²) < 4.78 is 14.9. The SMILES string of the molecule is CC(=O)OCc1ccc2oc(=O)c(C(=O)Oc3cc([N+](=O)[O-])ccc3[N+](=O)[O-])cc2c1. The first kappa shape index (κ1) is 21.1. The molecule has 1 aromatic heterocycles. The molecule has 0 atom stereocenters. The summed E-state index contributed by atoms with van der Waals surface area (Å²) in [5.74, 6) is -2.50. The van der Waals surface area contributed by atoms with Crippen molar-refractivity contribution < 1.29 is 33.3 Å². The summed E-state index contributed by atoms with van der Waals surface area (Å²) >= 11 is 0. The summed E-state index contributed by atoms with van der Waals surface area (Å²) in [5.41, 5.74) is -2.22. The van der Waals surface area contributed by atoms with E-state index in [1.165, 1.54) is 19.1 Å². The number of nitrogens with zero attached hydrogens (tertiary/aromatic N) is 2. The second kappa shape index (κ2) is 8.41. The molecule has 0 saturated heterocycles. The quantitative estimate of drug-likeness (QED) is 0.187. The van der Waals surface area contributed by atoms with Crippen LogP contribution in [0.1, 0.15) is 22.8 Å². The number of non-ortho nitro benzene ring substituents is 1. The fourth-order valence-electron chi connectivity index (χ4n) is 2.59. The van der Waals surface area contributed by atoms with Crippen LogP contribution in [0.2, 0.25) is 0 Å². The minimum absolute atomic E-state index is 0.0515. The standard InChI is InChI=1S/C19H12N2O10/c1-10(22)29-9-11-2-5-16-12(6-11)7-14(18(23)30-16)19(24)31-17-8-13(20(25)26)3-4-15(17)21(27)28/h2-8H,9H2,1H3.